The second kappa shape index (κ2) is 5.27. The highest BCUT2D eigenvalue weighted by molar-refractivity contribution is 5.53. The Balaban J connectivity index is 2.53. The molecule has 1 aromatic carbocycles. The minimum absolute atomic E-state index is 0.156. The van der Waals surface area contributed by atoms with Gasteiger partial charge in [-0.15, -0.1) is 0 Å². The molecule has 68 valence electrons. The fraction of sp³-hybridized carbons (Fsp3) is 0.182. The van der Waals surface area contributed by atoms with Crippen molar-refractivity contribution in [3.63, 3.8) is 0 Å². The number of carbonyl (C=O) groups is 1. The summed E-state index contributed by atoms with van der Waals surface area (Å²) in [5.74, 6) is 0. The molecular formula is C11H12O2. The fourth-order valence-corrected chi connectivity index (χ4v) is 0.963. The molecule has 0 aromatic heterocycles. The molecule has 1 rings (SSSR count). The largest absolute Gasteiger partial charge is 0.389 e. The zero-order chi connectivity index (χ0) is 9.52. The van der Waals surface area contributed by atoms with E-state index >= 15 is 0 Å². The summed E-state index contributed by atoms with van der Waals surface area (Å²) in [6.45, 7) is 0. The topological polar surface area (TPSA) is 37.3 Å². The first-order chi connectivity index (χ1) is 6.33. The van der Waals surface area contributed by atoms with Crippen LogP contribution >= 0.6 is 0 Å². The third-order valence-corrected chi connectivity index (χ3v) is 1.65. The van der Waals surface area contributed by atoms with E-state index < -0.39 is 6.10 Å². The van der Waals surface area contributed by atoms with E-state index in [1.807, 2.05) is 30.3 Å². The molecule has 0 amide bonds. The number of hydrogen-bond donors (Lipinski definition) is 1. The Bertz CT molecular complexity index is 277. The van der Waals surface area contributed by atoms with Crippen molar-refractivity contribution in [2.75, 3.05) is 0 Å². The van der Waals surface area contributed by atoms with Gasteiger partial charge in [0.05, 0.1) is 6.10 Å². The molecule has 0 fully saturated rings. The highest BCUT2D eigenvalue weighted by Gasteiger charge is 1.95. The first kappa shape index (κ1) is 9.68. The number of carbonyl (C=O) groups excluding carboxylic acids is 1. The van der Waals surface area contributed by atoms with Crippen LogP contribution in [0.2, 0.25) is 0 Å². The van der Waals surface area contributed by atoms with Crippen LogP contribution in [0.15, 0.2) is 36.4 Å². The maximum absolute atomic E-state index is 10.0. The van der Waals surface area contributed by atoms with Gasteiger partial charge in [-0.3, -0.25) is 0 Å². The van der Waals surface area contributed by atoms with Gasteiger partial charge < -0.3 is 9.90 Å². The molecule has 0 aliphatic carbocycles. The Kier molecular flexibility index (Phi) is 3.93. The minimum atomic E-state index is -0.669. The average molecular weight is 176 g/mol. The Morgan fingerprint density at radius 2 is 2.00 bits per heavy atom. The van der Waals surface area contributed by atoms with Crippen LogP contribution in [0.1, 0.15) is 12.0 Å². The third kappa shape index (κ3) is 3.67. The van der Waals surface area contributed by atoms with Gasteiger partial charge in [-0.1, -0.05) is 42.5 Å². The van der Waals surface area contributed by atoms with Crippen molar-refractivity contribution < 1.29 is 9.90 Å². The summed E-state index contributed by atoms with van der Waals surface area (Å²) < 4.78 is 0. The highest BCUT2D eigenvalue weighted by atomic mass is 16.3. The standard InChI is InChI=1S/C11H12O2/c12-9-8-11(13)7-6-10-4-2-1-3-5-10/h1-7,9,11,13H,8H2/b7-6+. The molecule has 2 nitrogen and oxygen atoms in total. The number of aliphatic hydroxyl groups is 1. The van der Waals surface area contributed by atoms with E-state index in [4.69, 9.17) is 0 Å². The van der Waals surface area contributed by atoms with Crippen LogP contribution in [0, 0.1) is 0 Å². The van der Waals surface area contributed by atoms with E-state index in [0.29, 0.717) is 6.29 Å². The number of benzene rings is 1. The van der Waals surface area contributed by atoms with Gasteiger partial charge in [0.25, 0.3) is 0 Å². The van der Waals surface area contributed by atoms with Crippen LogP contribution in [-0.2, 0) is 4.79 Å². The van der Waals surface area contributed by atoms with Crippen molar-refractivity contribution >= 4 is 12.4 Å². The molecule has 0 radical (unpaired) electrons. The number of hydrogen-bond acceptors (Lipinski definition) is 2. The summed E-state index contributed by atoms with van der Waals surface area (Å²) in [5, 5.41) is 9.19. The SMILES string of the molecule is O=CCC(O)/C=C/c1ccccc1. The fourth-order valence-electron chi connectivity index (χ4n) is 0.963. The van der Waals surface area contributed by atoms with E-state index in [-0.39, 0.29) is 6.42 Å². The molecule has 1 N–H and O–H groups in total. The molecule has 1 unspecified atom stereocenters. The van der Waals surface area contributed by atoms with Crippen LogP contribution in [0.3, 0.4) is 0 Å². The highest BCUT2D eigenvalue weighted by Crippen LogP contribution is 2.02. The predicted octanol–water partition coefficient (Wildman–Crippen LogP) is 1.65. The van der Waals surface area contributed by atoms with E-state index in [1.165, 1.54) is 0 Å². The maximum atomic E-state index is 10.0. The second-order valence-corrected chi connectivity index (χ2v) is 2.74. The van der Waals surface area contributed by atoms with Gasteiger partial charge in [-0.25, -0.2) is 0 Å². The lowest BCUT2D eigenvalue weighted by Gasteiger charge is -1.97. The average Bonchev–Trinajstić information content (AvgIpc) is 2.17. The van der Waals surface area contributed by atoms with E-state index in [0.717, 1.165) is 5.56 Å². The van der Waals surface area contributed by atoms with Crippen molar-refractivity contribution in [1.82, 2.24) is 0 Å². The Morgan fingerprint density at radius 1 is 1.31 bits per heavy atom. The van der Waals surface area contributed by atoms with Gasteiger partial charge in [0.1, 0.15) is 6.29 Å². The van der Waals surface area contributed by atoms with Gasteiger partial charge >= 0.3 is 0 Å². The van der Waals surface area contributed by atoms with Crippen molar-refractivity contribution in [3.8, 4) is 0 Å². The van der Waals surface area contributed by atoms with Gasteiger partial charge in [0.15, 0.2) is 0 Å². The molecule has 0 bridgehead atoms. The summed E-state index contributed by atoms with van der Waals surface area (Å²) >= 11 is 0. The van der Waals surface area contributed by atoms with Crippen molar-refractivity contribution in [2.45, 2.75) is 12.5 Å². The zero-order valence-corrected chi connectivity index (χ0v) is 7.26. The predicted molar refractivity (Wildman–Crippen MR) is 52.2 cm³/mol. The normalized spacial score (nSPS) is 13.0. The molecule has 0 spiro atoms. The van der Waals surface area contributed by atoms with E-state index in [9.17, 15) is 9.90 Å². The van der Waals surface area contributed by atoms with Gasteiger partial charge in [0, 0.05) is 6.42 Å². The first-order valence-electron chi connectivity index (χ1n) is 4.18. The van der Waals surface area contributed by atoms with Crippen LogP contribution in [0.5, 0.6) is 0 Å². The van der Waals surface area contributed by atoms with Gasteiger partial charge in [0.2, 0.25) is 0 Å². The van der Waals surface area contributed by atoms with Crippen molar-refractivity contribution in [3.05, 3.63) is 42.0 Å². The molecule has 13 heavy (non-hydrogen) atoms. The number of rotatable bonds is 4. The smallest absolute Gasteiger partial charge is 0.122 e. The van der Waals surface area contributed by atoms with Crippen LogP contribution in [0.25, 0.3) is 6.08 Å². The lowest BCUT2D eigenvalue weighted by Crippen LogP contribution is -2.01. The molecule has 0 aliphatic heterocycles. The van der Waals surface area contributed by atoms with Crippen molar-refractivity contribution in [2.24, 2.45) is 0 Å². The summed E-state index contributed by atoms with van der Waals surface area (Å²) in [4.78, 5) is 10.0. The monoisotopic (exact) mass is 176 g/mol. The lowest BCUT2D eigenvalue weighted by atomic mass is 10.2. The van der Waals surface area contributed by atoms with Crippen molar-refractivity contribution in [1.29, 1.82) is 0 Å². The Labute approximate surface area is 77.5 Å². The molecule has 1 atom stereocenters. The van der Waals surface area contributed by atoms with Gasteiger partial charge in [-0.05, 0) is 5.56 Å². The number of aliphatic hydroxyl groups excluding tert-OH is 1. The van der Waals surface area contributed by atoms with E-state index in [1.54, 1.807) is 12.2 Å². The van der Waals surface area contributed by atoms with Crippen LogP contribution in [-0.4, -0.2) is 17.5 Å². The molecular weight excluding hydrogens is 164 g/mol. The molecule has 0 saturated heterocycles. The van der Waals surface area contributed by atoms with Crippen LogP contribution < -0.4 is 0 Å². The quantitative estimate of drug-likeness (QED) is 0.708. The molecule has 0 aliphatic rings. The zero-order valence-electron chi connectivity index (χ0n) is 7.26. The number of aldehydes is 1. The molecule has 1 aromatic rings. The Hall–Kier alpha value is -1.41. The summed E-state index contributed by atoms with van der Waals surface area (Å²) in [5.41, 5.74) is 1.02. The van der Waals surface area contributed by atoms with E-state index in [2.05, 4.69) is 0 Å². The second-order valence-electron chi connectivity index (χ2n) is 2.74. The summed E-state index contributed by atoms with van der Waals surface area (Å²) in [6.07, 6.45) is 3.61. The van der Waals surface area contributed by atoms with Gasteiger partial charge in [-0.2, -0.15) is 0 Å². The molecule has 0 saturated carbocycles. The summed E-state index contributed by atoms with van der Waals surface area (Å²) in [6, 6.07) is 9.64. The lowest BCUT2D eigenvalue weighted by molar-refractivity contribution is -0.109. The summed E-state index contributed by atoms with van der Waals surface area (Å²) in [7, 11) is 0. The minimum Gasteiger partial charge on any atom is -0.389 e. The molecule has 0 heterocycles. The third-order valence-electron chi connectivity index (χ3n) is 1.65. The van der Waals surface area contributed by atoms with Crippen LogP contribution in [0.4, 0.5) is 0 Å². The molecule has 2 heteroatoms. The first-order valence-corrected chi connectivity index (χ1v) is 4.18. The Morgan fingerprint density at radius 3 is 2.62 bits per heavy atom. The maximum Gasteiger partial charge on any atom is 0.122 e.